The highest BCUT2D eigenvalue weighted by Gasteiger charge is 2.54. The van der Waals surface area contributed by atoms with Crippen LogP contribution in [0.1, 0.15) is 24.8 Å². The molecule has 1 heterocycles. The molecule has 4 heteroatoms. The molecule has 2 aliphatic rings. The fourth-order valence-corrected chi connectivity index (χ4v) is 4.62. The molecule has 1 aliphatic carbocycles. The largest absolute Gasteiger partial charge is 0.243 e. The molecule has 1 atom stereocenters. The van der Waals surface area contributed by atoms with E-state index < -0.39 is 10.0 Å². The van der Waals surface area contributed by atoms with Crippen molar-refractivity contribution in [1.29, 1.82) is 0 Å². The molecule has 3 rings (SSSR count). The highest BCUT2D eigenvalue weighted by Crippen LogP contribution is 2.55. The predicted octanol–water partition coefficient (Wildman–Crippen LogP) is 2.72. The lowest BCUT2D eigenvalue weighted by Crippen LogP contribution is -2.34. The van der Waals surface area contributed by atoms with Gasteiger partial charge in [0, 0.05) is 12.6 Å². The molecular formula is C15H19NO2S. The number of nitrogens with zero attached hydrogens (tertiary/aromatic N) is 1. The van der Waals surface area contributed by atoms with Crippen molar-refractivity contribution in [1.82, 2.24) is 4.31 Å². The summed E-state index contributed by atoms with van der Waals surface area (Å²) in [6.07, 6.45) is 5.01. The van der Waals surface area contributed by atoms with Crippen molar-refractivity contribution in [3.63, 3.8) is 0 Å². The van der Waals surface area contributed by atoms with Crippen molar-refractivity contribution in [3.8, 4) is 0 Å². The lowest BCUT2D eigenvalue weighted by Gasteiger charge is -2.21. The monoisotopic (exact) mass is 277 g/mol. The Bertz CT molecular complexity index is 600. The Morgan fingerprint density at radius 1 is 1.32 bits per heavy atom. The molecule has 2 fully saturated rings. The Morgan fingerprint density at radius 2 is 1.95 bits per heavy atom. The van der Waals surface area contributed by atoms with Gasteiger partial charge >= 0.3 is 0 Å². The summed E-state index contributed by atoms with van der Waals surface area (Å²) in [5.74, 6) is 0. The van der Waals surface area contributed by atoms with Crippen molar-refractivity contribution < 1.29 is 8.42 Å². The molecule has 0 aromatic heterocycles. The third-order valence-electron chi connectivity index (χ3n) is 4.36. The van der Waals surface area contributed by atoms with Gasteiger partial charge in [0.15, 0.2) is 0 Å². The zero-order chi connectivity index (χ0) is 13.7. The van der Waals surface area contributed by atoms with Crippen LogP contribution in [-0.4, -0.2) is 25.3 Å². The number of benzene rings is 1. The molecule has 102 valence electrons. The van der Waals surface area contributed by atoms with Crippen LogP contribution in [0.25, 0.3) is 0 Å². The molecule has 1 aromatic carbocycles. The maximum absolute atomic E-state index is 12.7. The second kappa shape index (κ2) is 4.18. The second-order valence-electron chi connectivity index (χ2n) is 5.87. The van der Waals surface area contributed by atoms with E-state index in [-0.39, 0.29) is 11.5 Å². The van der Waals surface area contributed by atoms with Crippen molar-refractivity contribution in [2.24, 2.45) is 5.41 Å². The Balaban J connectivity index is 1.95. The minimum Gasteiger partial charge on any atom is -0.207 e. The van der Waals surface area contributed by atoms with E-state index in [0.29, 0.717) is 11.4 Å². The smallest absolute Gasteiger partial charge is 0.207 e. The van der Waals surface area contributed by atoms with E-state index in [0.717, 1.165) is 24.8 Å². The van der Waals surface area contributed by atoms with Crippen LogP contribution in [0.3, 0.4) is 0 Å². The van der Waals surface area contributed by atoms with E-state index in [1.54, 1.807) is 22.5 Å². The zero-order valence-corrected chi connectivity index (χ0v) is 12.0. The lowest BCUT2D eigenvalue weighted by molar-refractivity contribution is 0.422. The van der Waals surface area contributed by atoms with Gasteiger partial charge in [-0.15, -0.1) is 6.58 Å². The molecule has 0 amide bonds. The van der Waals surface area contributed by atoms with E-state index in [2.05, 4.69) is 6.58 Å². The van der Waals surface area contributed by atoms with Crippen LogP contribution in [0.15, 0.2) is 41.8 Å². The molecule has 1 unspecified atom stereocenters. The third kappa shape index (κ3) is 2.13. The average Bonchev–Trinajstić information content (AvgIpc) is 3.01. The van der Waals surface area contributed by atoms with Crippen molar-refractivity contribution >= 4 is 10.0 Å². The highest BCUT2D eigenvalue weighted by atomic mass is 32.2. The summed E-state index contributed by atoms with van der Waals surface area (Å²) in [5.41, 5.74) is 1.32. The van der Waals surface area contributed by atoms with E-state index in [1.165, 1.54) is 0 Å². The first-order valence-electron chi connectivity index (χ1n) is 6.68. The first-order chi connectivity index (χ1) is 8.97. The van der Waals surface area contributed by atoms with Gasteiger partial charge in [-0.1, -0.05) is 23.8 Å². The van der Waals surface area contributed by atoms with Crippen LogP contribution in [-0.2, 0) is 10.0 Å². The Morgan fingerprint density at radius 3 is 2.47 bits per heavy atom. The predicted molar refractivity (Wildman–Crippen MR) is 75.3 cm³/mol. The summed E-state index contributed by atoms with van der Waals surface area (Å²) in [6, 6.07) is 7.04. The first kappa shape index (κ1) is 12.9. The van der Waals surface area contributed by atoms with Crippen LogP contribution in [0.5, 0.6) is 0 Å². The molecule has 1 saturated heterocycles. The number of hydrogen-bond acceptors (Lipinski definition) is 2. The summed E-state index contributed by atoms with van der Waals surface area (Å²) >= 11 is 0. The standard InChI is InChI=1S/C15H19NO2S/c1-3-13-10-15(8-9-15)11-16(13)19(17,18)14-6-4-12(2)5-7-14/h3-7,13H,1,8-11H2,2H3. The molecule has 1 aromatic rings. The van der Waals surface area contributed by atoms with Crippen LogP contribution in [0, 0.1) is 12.3 Å². The number of sulfonamides is 1. The van der Waals surface area contributed by atoms with Crippen molar-refractivity contribution in [2.45, 2.75) is 37.1 Å². The minimum atomic E-state index is -3.39. The average molecular weight is 277 g/mol. The molecule has 1 aliphatic heterocycles. The molecule has 1 spiro atoms. The summed E-state index contributed by atoms with van der Waals surface area (Å²) in [7, 11) is -3.39. The topological polar surface area (TPSA) is 37.4 Å². The maximum Gasteiger partial charge on any atom is 0.243 e. The van der Waals surface area contributed by atoms with Crippen molar-refractivity contribution in [3.05, 3.63) is 42.5 Å². The summed E-state index contributed by atoms with van der Waals surface area (Å²) in [6.45, 7) is 6.41. The lowest BCUT2D eigenvalue weighted by atomic mass is 10.0. The molecule has 19 heavy (non-hydrogen) atoms. The minimum absolute atomic E-state index is 0.0474. The molecule has 0 bridgehead atoms. The van der Waals surface area contributed by atoms with Crippen molar-refractivity contribution in [2.75, 3.05) is 6.54 Å². The SMILES string of the molecule is C=CC1CC2(CC2)CN1S(=O)(=O)c1ccc(C)cc1. The first-order valence-corrected chi connectivity index (χ1v) is 8.12. The quantitative estimate of drug-likeness (QED) is 0.797. The van der Waals surface area contributed by atoms with Gasteiger partial charge in [-0.05, 0) is 43.7 Å². The summed E-state index contributed by atoms with van der Waals surface area (Å²) in [5, 5.41) is 0. The Kier molecular flexibility index (Phi) is 2.84. The zero-order valence-electron chi connectivity index (χ0n) is 11.2. The molecular weight excluding hydrogens is 258 g/mol. The van der Waals surface area contributed by atoms with Crippen LogP contribution >= 0.6 is 0 Å². The van der Waals surface area contributed by atoms with Gasteiger partial charge in [0.25, 0.3) is 0 Å². The Hall–Kier alpha value is -1.13. The van der Waals surface area contributed by atoms with Gasteiger partial charge in [0.05, 0.1) is 4.90 Å². The van der Waals surface area contributed by atoms with Gasteiger partial charge in [-0.3, -0.25) is 0 Å². The van der Waals surface area contributed by atoms with Crippen LogP contribution in [0.2, 0.25) is 0 Å². The van der Waals surface area contributed by atoms with Gasteiger partial charge < -0.3 is 0 Å². The molecule has 0 N–H and O–H groups in total. The van der Waals surface area contributed by atoms with Gasteiger partial charge in [-0.2, -0.15) is 4.31 Å². The van der Waals surface area contributed by atoms with Gasteiger partial charge in [0.2, 0.25) is 10.0 Å². The summed E-state index contributed by atoms with van der Waals surface area (Å²) < 4.78 is 27.1. The van der Waals surface area contributed by atoms with Crippen LogP contribution in [0.4, 0.5) is 0 Å². The fourth-order valence-electron chi connectivity index (χ4n) is 2.91. The van der Waals surface area contributed by atoms with Gasteiger partial charge in [-0.25, -0.2) is 8.42 Å². The highest BCUT2D eigenvalue weighted by molar-refractivity contribution is 7.89. The number of rotatable bonds is 3. The number of aryl methyl sites for hydroxylation is 1. The number of hydrogen-bond donors (Lipinski definition) is 0. The molecule has 1 saturated carbocycles. The van der Waals surface area contributed by atoms with E-state index in [9.17, 15) is 8.42 Å². The van der Waals surface area contributed by atoms with E-state index >= 15 is 0 Å². The van der Waals surface area contributed by atoms with Gasteiger partial charge in [0.1, 0.15) is 0 Å². The Labute approximate surface area is 115 Å². The maximum atomic E-state index is 12.7. The molecule has 0 radical (unpaired) electrons. The summed E-state index contributed by atoms with van der Waals surface area (Å²) in [4.78, 5) is 0.391. The molecule has 3 nitrogen and oxygen atoms in total. The van der Waals surface area contributed by atoms with E-state index in [1.807, 2.05) is 19.1 Å². The normalized spacial score (nSPS) is 25.6. The van der Waals surface area contributed by atoms with E-state index in [4.69, 9.17) is 0 Å². The third-order valence-corrected chi connectivity index (χ3v) is 6.25. The fraction of sp³-hybridized carbons (Fsp3) is 0.467. The van der Waals surface area contributed by atoms with Crippen LogP contribution < -0.4 is 0 Å². The second-order valence-corrected chi connectivity index (χ2v) is 7.76.